The normalized spacial score (nSPS) is 11.7. The number of halogens is 1. The van der Waals surface area contributed by atoms with Gasteiger partial charge in [-0.2, -0.15) is 4.98 Å². The summed E-state index contributed by atoms with van der Waals surface area (Å²) in [5, 5.41) is 6.47. The second-order valence-corrected chi connectivity index (χ2v) is 9.71. The highest BCUT2D eigenvalue weighted by Crippen LogP contribution is 2.37. The maximum atomic E-state index is 12.2. The van der Waals surface area contributed by atoms with E-state index in [0.717, 1.165) is 26.9 Å². The molecule has 35 heavy (non-hydrogen) atoms. The number of nitrogens with zero attached hydrogens (tertiary/aromatic N) is 3. The number of rotatable bonds is 7. The van der Waals surface area contributed by atoms with Gasteiger partial charge >= 0.3 is 13.6 Å². The van der Waals surface area contributed by atoms with Crippen LogP contribution in [0.1, 0.15) is 22.3 Å². The highest BCUT2D eigenvalue weighted by Gasteiger charge is 2.19. The Balaban J connectivity index is 1.65. The van der Waals surface area contributed by atoms with Crippen LogP contribution in [0.3, 0.4) is 0 Å². The Labute approximate surface area is 205 Å². The Bertz CT molecular complexity index is 1520. The van der Waals surface area contributed by atoms with E-state index in [0.29, 0.717) is 17.5 Å². The van der Waals surface area contributed by atoms with Crippen molar-refractivity contribution >= 4 is 53.7 Å². The van der Waals surface area contributed by atoms with E-state index in [1.165, 1.54) is 11.6 Å². The molecule has 0 bridgehead atoms. The van der Waals surface area contributed by atoms with Gasteiger partial charge in [0.15, 0.2) is 5.58 Å². The van der Waals surface area contributed by atoms with Gasteiger partial charge in [-0.05, 0) is 68.7 Å². The zero-order valence-electron chi connectivity index (χ0n) is 19.3. The van der Waals surface area contributed by atoms with E-state index in [9.17, 15) is 9.36 Å². The number of anilines is 4. The van der Waals surface area contributed by atoms with Gasteiger partial charge in [-0.25, -0.2) is 18.9 Å². The number of nitrogens with one attached hydrogen (secondary N) is 2. The maximum absolute atomic E-state index is 12.2. The summed E-state index contributed by atoms with van der Waals surface area (Å²) in [7, 11) is -4.81. The highest BCUT2D eigenvalue weighted by molar-refractivity contribution is 7.46. The van der Waals surface area contributed by atoms with E-state index in [1.54, 1.807) is 12.3 Å². The quantitative estimate of drug-likeness (QED) is 0.250. The fraction of sp³-hybridized carbons (Fsp3) is 0.227. The first-order valence-electron chi connectivity index (χ1n) is 10.4. The number of aromatic nitrogens is 3. The molecular formula is C22H23ClN5O6P. The minimum atomic E-state index is -4.81. The lowest BCUT2D eigenvalue weighted by molar-refractivity contribution is 0.151. The van der Waals surface area contributed by atoms with E-state index in [4.69, 9.17) is 25.8 Å². The summed E-state index contributed by atoms with van der Waals surface area (Å²) in [4.78, 5) is 39.0. The standard InChI is InChI=1S/C22H23ClN5O6P/c1-11-5-15(6-12(2)14(11)4)26-21-24-9-13(3)20(27-21)25-16-7-17(23)19-18(8-16)28(22(29)34-19)10-33-35(30,31)32/h5-9H,10H2,1-4H3,(H2,30,31,32)(H2,24,25,26,27). The van der Waals surface area contributed by atoms with E-state index >= 15 is 0 Å². The molecule has 0 fully saturated rings. The third kappa shape index (κ3) is 5.55. The Hall–Kier alpha value is -3.21. The second kappa shape index (κ2) is 9.44. The van der Waals surface area contributed by atoms with Crippen LogP contribution in [-0.4, -0.2) is 24.3 Å². The van der Waals surface area contributed by atoms with Crippen LogP contribution >= 0.6 is 19.4 Å². The van der Waals surface area contributed by atoms with Crippen molar-refractivity contribution in [2.75, 3.05) is 10.6 Å². The van der Waals surface area contributed by atoms with Gasteiger partial charge in [0.2, 0.25) is 5.95 Å². The highest BCUT2D eigenvalue weighted by atomic mass is 35.5. The second-order valence-electron chi connectivity index (χ2n) is 8.06. The molecule has 0 aliphatic heterocycles. The summed E-state index contributed by atoms with van der Waals surface area (Å²) in [6.07, 6.45) is 1.66. The van der Waals surface area contributed by atoms with Gasteiger partial charge in [-0.15, -0.1) is 0 Å². The molecule has 2 heterocycles. The lowest BCUT2D eigenvalue weighted by atomic mass is 10.0. The van der Waals surface area contributed by atoms with Crippen molar-refractivity contribution in [3.05, 3.63) is 68.3 Å². The largest absolute Gasteiger partial charge is 0.471 e. The number of phosphoric ester groups is 1. The van der Waals surface area contributed by atoms with Crippen molar-refractivity contribution in [3.8, 4) is 0 Å². The molecule has 0 spiro atoms. The van der Waals surface area contributed by atoms with Crippen LogP contribution in [0.25, 0.3) is 11.1 Å². The first kappa shape index (κ1) is 24.9. The molecule has 0 saturated heterocycles. The molecule has 0 unspecified atom stereocenters. The van der Waals surface area contributed by atoms with Crippen LogP contribution in [0.5, 0.6) is 0 Å². The molecule has 0 radical (unpaired) electrons. The van der Waals surface area contributed by atoms with Crippen molar-refractivity contribution in [1.29, 1.82) is 0 Å². The molecule has 0 atom stereocenters. The molecule has 0 amide bonds. The zero-order valence-corrected chi connectivity index (χ0v) is 20.9. The van der Waals surface area contributed by atoms with Crippen molar-refractivity contribution in [2.24, 2.45) is 0 Å². The van der Waals surface area contributed by atoms with Crippen LogP contribution in [0.4, 0.5) is 23.1 Å². The molecule has 2 aromatic heterocycles. The number of aryl methyl sites for hydroxylation is 3. The molecule has 4 N–H and O–H groups in total. The average molecular weight is 520 g/mol. The van der Waals surface area contributed by atoms with E-state index in [2.05, 4.69) is 32.0 Å². The fourth-order valence-electron chi connectivity index (χ4n) is 3.45. The minimum Gasteiger partial charge on any atom is -0.406 e. The number of benzene rings is 2. The number of phosphoric acid groups is 1. The van der Waals surface area contributed by atoms with Crippen LogP contribution < -0.4 is 16.4 Å². The summed E-state index contributed by atoms with van der Waals surface area (Å²) in [6.45, 7) is 7.26. The van der Waals surface area contributed by atoms with Gasteiger partial charge < -0.3 is 24.8 Å². The van der Waals surface area contributed by atoms with Gasteiger partial charge in [-0.1, -0.05) is 11.6 Å². The monoisotopic (exact) mass is 519 g/mol. The fourth-order valence-corrected chi connectivity index (χ4v) is 3.97. The number of fused-ring (bicyclic) bond motifs is 1. The van der Waals surface area contributed by atoms with Gasteiger partial charge in [0.1, 0.15) is 12.5 Å². The van der Waals surface area contributed by atoms with Crippen molar-refractivity contribution in [3.63, 3.8) is 0 Å². The van der Waals surface area contributed by atoms with E-state index in [-0.39, 0.29) is 16.1 Å². The summed E-state index contributed by atoms with van der Waals surface area (Å²) in [5.41, 5.74) is 5.83. The third-order valence-corrected chi connectivity index (χ3v) is 6.23. The van der Waals surface area contributed by atoms with Crippen LogP contribution in [0, 0.1) is 27.7 Å². The lowest BCUT2D eigenvalue weighted by Gasteiger charge is -2.13. The third-order valence-electron chi connectivity index (χ3n) is 5.50. The molecule has 2 aromatic carbocycles. The summed E-state index contributed by atoms with van der Waals surface area (Å²) < 4.78 is 21.6. The van der Waals surface area contributed by atoms with Crippen LogP contribution in [-0.2, 0) is 15.8 Å². The summed E-state index contributed by atoms with van der Waals surface area (Å²) in [5.74, 6) is -0.00795. The smallest absolute Gasteiger partial charge is 0.406 e. The predicted octanol–water partition coefficient (Wildman–Crippen LogP) is 4.83. The van der Waals surface area contributed by atoms with Gasteiger partial charge in [-0.3, -0.25) is 4.52 Å². The molecule has 0 saturated carbocycles. The first-order valence-corrected chi connectivity index (χ1v) is 12.3. The number of hydrogen-bond acceptors (Lipinski definition) is 8. The summed E-state index contributed by atoms with van der Waals surface area (Å²) >= 11 is 6.30. The van der Waals surface area contributed by atoms with Gasteiger partial charge in [0, 0.05) is 23.1 Å². The summed E-state index contributed by atoms with van der Waals surface area (Å²) in [6, 6.07) is 7.12. The molecule has 4 rings (SSSR count). The Morgan fingerprint density at radius 2 is 1.71 bits per heavy atom. The van der Waals surface area contributed by atoms with E-state index in [1.807, 2.05) is 32.9 Å². The predicted molar refractivity (Wildman–Crippen MR) is 133 cm³/mol. The lowest BCUT2D eigenvalue weighted by Crippen LogP contribution is -2.15. The molecular weight excluding hydrogens is 497 g/mol. The zero-order chi connectivity index (χ0) is 25.5. The van der Waals surface area contributed by atoms with Crippen molar-refractivity contribution < 1.29 is 23.3 Å². The topological polar surface area (TPSA) is 152 Å². The van der Waals surface area contributed by atoms with Gasteiger partial charge in [0.05, 0.1) is 10.5 Å². The first-order chi connectivity index (χ1) is 16.4. The average Bonchev–Trinajstić information content (AvgIpc) is 3.08. The molecule has 184 valence electrons. The van der Waals surface area contributed by atoms with Gasteiger partial charge in [0.25, 0.3) is 0 Å². The number of hydrogen-bond donors (Lipinski definition) is 4. The van der Waals surface area contributed by atoms with E-state index < -0.39 is 20.3 Å². The van der Waals surface area contributed by atoms with Crippen LogP contribution in [0.2, 0.25) is 5.02 Å². The minimum absolute atomic E-state index is 0.0587. The molecule has 0 aliphatic rings. The Kier molecular flexibility index (Phi) is 6.72. The van der Waals surface area contributed by atoms with Crippen molar-refractivity contribution in [2.45, 2.75) is 34.4 Å². The van der Waals surface area contributed by atoms with Crippen molar-refractivity contribution in [1.82, 2.24) is 14.5 Å². The SMILES string of the molecule is Cc1cnc(Nc2cc(C)c(C)c(C)c2)nc1Nc1cc(Cl)c2oc(=O)n(COP(=O)(O)O)c2c1. The Morgan fingerprint density at radius 1 is 1.06 bits per heavy atom. The molecule has 13 heteroatoms. The maximum Gasteiger partial charge on any atom is 0.471 e. The van der Waals surface area contributed by atoms with Crippen LogP contribution in [0.15, 0.2) is 39.7 Å². The Morgan fingerprint density at radius 3 is 2.37 bits per heavy atom. The molecule has 11 nitrogen and oxygen atoms in total. The molecule has 0 aliphatic carbocycles. The number of oxazole rings is 1. The molecule has 4 aromatic rings.